The van der Waals surface area contributed by atoms with Crippen LogP contribution >= 0.6 is 0 Å². The normalized spacial score (nSPS) is 17.7. The first-order valence-corrected chi connectivity index (χ1v) is 9.02. The first kappa shape index (κ1) is 19.4. The van der Waals surface area contributed by atoms with Gasteiger partial charge < -0.3 is 9.64 Å². The third-order valence-corrected chi connectivity index (χ3v) is 4.73. The quantitative estimate of drug-likeness (QED) is 0.751. The molecule has 27 heavy (non-hydrogen) atoms. The van der Waals surface area contributed by atoms with Gasteiger partial charge >= 0.3 is 6.18 Å². The molecule has 0 bridgehead atoms. The van der Waals surface area contributed by atoms with Crippen molar-refractivity contribution in [1.82, 2.24) is 4.90 Å². The summed E-state index contributed by atoms with van der Waals surface area (Å²) in [7, 11) is 0. The fraction of sp³-hybridized carbons (Fsp3) is 0.381. The summed E-state index contributed by atoms with van der Waals surface area (Å²) >= 11 is 0. The zero-order valence-corrected chi connectivity index (χ0v) is 14.9. The highest BCUT2D eigenvalue weighted by molar-refractivity contribution is 5.96. The van der Waals surface area contributed by atoms with E-state index >= 15 is 0 Å². The lowest BCUT2D eigenvalue weighted by molar-refractivity contribution is -0.138. The van der Waals surface area contributed by atoms with Crippen molar-refractivity contribution in [2.24, 2.45) is 5.92 Å². The Balaban J connectivity index is 1.60. The van der Waals surface area contributed by atoms with Crippen LogP contribution < -0.4 is 0 Å². The van der Waals surface area contributed by atoms with E-state index in [1.54, 1.807) is 0 Å². The van der Waals surface area contributed by atoms with Gasteiger partial charge in [-0.2, -0.15) is 13.2 Å². The van der Waals surface area contributed by atoms with Crippen LogP contribution in [0.15, 0.2) is 54.6 Å². The molecule has 1 aliphatic rings. The molecule has 3 nitrogen and oxygen atoms in total. The number of piperidine rings is 1. The van der Waals surface area contributed by atoms with Crippen LogP contribution in [-0.2, 0) is 17.5 Å². The molecular formula is C21H22F3NO2. The number of hydrogen-bond acceptors (Lipinski definition) is 2. The highest BCUT2D eigenvalue weighted by atomic mass is 19.4. The Morgan fingerprint density at radius 2 is 1.78 bits per heavy atom. The van der Waals surface area contributed by atoms with Crippen LogP contribution in [0.2, 0.25) is 0 Å². The van der Waals surface area contributed by atoms with Crippen molar-refractivity contribution in [2.75, 3.05) is 19.7 Å². The van der Waals surface area contributed by atoms with Gasteiger partial charge in [0.25, 0.3) is 5.91 Å². The Morgan fingerprint density at radius 1 is 1.07 bits per heavy atom. The van der Waals surface area contributed by atoms with Gasteiger partial charge in [-0.15, -0.1) is 0 Å². The second-order valence-corrected chi connectivity index (χ2v) is 6.80. The Labute approximate surface area is 156 Å². The van der Waals surface area contributed by atoms with E-state index in [2.05, 4.69) is 0 Å². The van der Waals surface area contributed by atoms with Crippen molar-refractivity contribution in [3.63, 3.8) is 0 Å². The fourth-order valence-electron chi connectivity index (χ4n) is 3.39. The third kappa shape index (κ3) is 5.10. The van der Waals surface area contributed by atoms with Gasteiger partial charge in [-0.25, -0.2) is 0 Å². The number of likely N-dealkylation sites (tertiary alicyclic amines) is 1. The fourth-order valence-corrected chi connectivity index (χ4v) is 3.39. The van der Waals surface area contributed by atoms with E-state index in [1.807, 2.05) is 30.3 Å². The minimum absolute atomic E-state index is 0.129. The van der Waals surface area contributed by atoms with Crippen LogP contribution in [0, 0.1) is 5.92 Å². The topological polar surface area (TPSA) is 29.5 Å². The van der Waals surface area contributed by atoms with Gasteiger partial charge in [0, 0.05) is 13.1 Å². The molecule has 144 valence electrons. The Morgan fingerprint density at radius 3 is 2.52 bits per heavy atom. The molecule has 2 aromatic carbocycles. The number of carbonyl (C=O) groups is 1. The van der Waals surface area contributed by atoms with Crippen LogP contribution in [-0.4, -0.2) is 30.5 Å². The van der Waals surface area contributed by atoms with Crippen LogP contribution in [0.1, 0.15) is 34.3 Å². The number of ether oxygens (including phenoxy) is 1. The molecule has 1 aliphatic heterocycles. The molecule has 1 fully saturated rings. The highest BCUT2D eigenvalue weighted by Crippen LogP contribution is 2.33. The number of halogens is 3. The first-order valence-electron chi connectivity index (χ1n) is 9.02. The molecule has 0 N–H and O–H groups in total. The van der Waals surface area contributed by atoms with E-state index < -0.39 is 17.6 Å². The molecule has 1 unspecified atom stereocenters. The summed E-state index contributed by atoms with van der Waals surface area (Å²) in [5, 5.41) is 0. The average Bonchev–Trinajstić information content (AvgIpc) is 2.68. The second-order valence-electron chi connectivity index (χ2n) is 6.80. The minimum atomic E-state index is -4.54. The molecule has 0 aromatic heterocycles. The summed E-state index contributed by atoms with van der Waals surface area (Å²) in [6.45, 7) is 1.86. The maximum absolute atomic E-state index is 13.2. The van der Waals surface area contributed by atoms with Crippen molar-refractivity contribution >= 4 is 5.91 Å². The summed E-state index contributed by atoms with van der Waals surface area (Å²) < 4.78 is 45.3. The highest BCUT2D eigenvalue weighted by Gasteiger charge is 2.36. The largest absolute Gasteiger partial charge is 0.417 e. The molecule has 0 spiro atoms. The summed E-state index contributed by atoms with van der Waals surface area (Å²) in [5.41, 5.74) is -0.0892. The van der Waals surface area contributed by atoms with Crippen molar-refractivity contribution in [2.45, 2.75) is 25.6 Å². The predicted octanol–water partition coefficient (Wildman–Crippen LogP) is 4.77. The van der Waals surface area contributed by atoms with Crippen molar-refractivity contribution in [3.8, 4) is 0 Å². The molecule has 0 saturated carbocycles. The monoisotopic (exact) mass is 377 g/mol. The van der Waals surface area contributed by atoms with Gasteiger partial charge in [0.1, 0.15) is 0 Å². The van der Waals surface area contributed by atoms with Gasteiger partial charge in [0.05, 0.1) is 24.3 Å². The van der Waals surface area contributed by atoms with Crippen molar-refractivity contribution in [1.29, 1.82) is 0 Å². The van der Waals surface area contributed by atoms with E-state index in [-0.39, 0.29) is 11.5 Å². The van der Waals surface area contributed by atoms with Gasteiger partial charge in [-0.05, 0) is 36.5 Å². The zero-order valence-electron chi connectivity index (χ0n) is 14.9. The summed E-state index contributed by atoms with van der Waals surface area (Å²) in [5.74, 6) is -0.430. The SMILES string of the molecule is O=C(c1ccccc1C(F)(F)F)N1CCCC(COCc2ccccc2)C1. The van der Waals surface area contributed by atoms with E-state index in [4.69, 9.17) is 4.74 Å². The lowest BCUT2D eigenvalue weighted by Crippen LogP contribution is -2.41. The number of nitrogens with zero attached hydrogens (tertiary/aromatic N) is 1. The molecule has 3 rings (SSSR count). The van der Waals surface area contributed by atoms with Crippen molar-refractivity contribution in [3.05, 3.63) is 71.3 Å². The lowest BCUT2D eigenvalue weighted by Gasteiger charge is -2.33. The standard InChI is InChI=1S/C21H22F3NO2/c22-21(23,24)19-11-5-4-10-18(19)20(26)25-12-6-9-17(13-25)15-27-14-16-7-2-1-3-8-16/h1-5,7-8,10-11,17H,6,9,12-15H2. The van der Waals surface area contributed by atoms with Crippen LogP contribution in [0.25, 0.3) is 0 Å². The second kappa shape index (κ2) is 8.57. The molecule has 0 radical (unpaired) electrons. The molecule has 0 aliphatic carbocycles. The maximum atomic E-state index is 13.2. The van der Waals surface area contributed by atoms with E-state index in [1.165, 1.54) is 23.1 Å². The third-order valence-electron chi connectivity index (χ3n) is 4.73. The zero-order chi connectivity index (χ0) is 19.3. The van der Waals surface area contributed by atoms with E-state index in [0.717, 1.165) is 24.5 Å². The first-order chi connectivity index (χ1) is 12.9. The molecule has 6 heteroatoms. The number of amides is 1. The minimum Gasteiger partial charge on any atom is -0.376 e. The summed E-state index contributed by atoms with van der Waals surface area (Å²) in [4.78, 5) is 14.2. The summed E-state index contributed by atoms with van der Waals surface area (Å²) in [6, 6.07) is 14.7. The number of rotatable bonds is 5. The van der Waals surface area contributed by atoms with Gasteiger partial charge in [-0.3, -0.25) is 4.79 Å². The smallest absolute Gasteiger partial charge is 0.376 e. The maximum Gasteiger partial charge on any atom is 0.417 e. The molecule has 2 aromatic rings. The van der Waals surface area contributed by atoms with E-state index in [9.17, 15) is 18.0 Å². The van der Waals surface area contributed by atoms with E-state index in [0.29, 0.717) is 26.3 Å². The number of alkyl halides is 3. The average molecular weight is 377 g/mol. The van der Waals surface area contributed by atoms with Crippen LogP contribution in [0.3, 0.4) is 0 Å². The van der Waals surface area contributed by atoms with Crippen LogP contribution in [0.5, 0.6) is 0 Å². The molecule has 1 saturated heterocycles. The molecular weight excluding hydrogens is 355 g/mol. The van der Waals surface area contributed by atoms with Crippen LogP contribution in [0.4, 0.5) is 13.2 Å². The van der Waals surface area contributed by atoms with Gasteiger partial charge in [0.2, 0.25) is 0 Å². The molecule has 1 amide bonds. The number of benzene rings is 2. The Bertz CT molecular complexity index is 762. The molecule has 1 heterocycles. The summed E-state index contributed by atoms with van der Waals surface area (Å²) in [6.07, 6.45) is -2.88. The number of carbonyl (C=O) groups excluding carboxylic acids is 1. The predicted molar refractivity (Wildman–Crippen MR) is 96.2 cm³/mol. The number of hydrogen-bond donors (Lipinski definition) is 0. The van der Waals surface area contributed by atoms with Gasteiger partial charge in [0.15, 0.2) is 0 Å². The van der Waals surface area contributed by atoms with Crippen molar-refractivity contribution < 1.29 is 22.7 Å². The molecule has 1 atom stereocenters. The Hall–Kier alpha value is -2.34. The Kier molecular flexibility index (Phi) is 6.16. The lowest BCUT2D eigenvalue weighted by atomic mass is 9.97. The van der Waals surface area contributed by atoms with Gasteiger partial charge in [-0.1, -0.05) is 42.5 Å².